The molecule has 9 heteroatoms. The van der Waals surface area contributed by atoms with Crippen molar-refractivity contribution in [3.05, 3.63) is 101 Å². The topological polar surface area (TPSA) is 94.2 Å². The van der Waals surface area contributed by atoms with Crippen molar-refractivity contribution in [1.29, 1.82) is 0 Å². The van der Waals surface area contributed by atoms with Crippen molar-refractivity contribution in [2.24, 2.45) is 0 Å². The number of nitrogens with one attached hydrogen (secondary N) is 1. The number of anilines is 1. The molecule has 3 aromatic rings. The zero-order valence-corrected chi connectivity index (χ0v) is 22.3. The monoisotopic (exact) mass is 546 g/mol. The van der Waals surface area contributed by atoms with Gasteiger partial charge in [-0.2, -0.15) is 0 Å². The summed E-state index contributed by atoms with van der Waals surface area (Å²) in [6.07, 6.45) is 3.57. The van der Waals surface area contributed by atoms with Crippen molar-refractivity contribution in [1.82, 2.24) is 5.32 Å². The van der Waals surface area contributed by atoms with Crippen LogP contribution >= 0.6 is 11.6 Å². The average Bonchev–Trinajstić information content (AvgIpc) is 2.91. The minimum atomic E-state index is -0.832. The molecular formula is C30H27ClN2O6. The Morgan fingerprint density at radius 2 is 1.79 bits per heavy atom. The second-order valence-corrected chi connectivity index (χ2v) is 8.94. The smallest absolute Gasteiger partial charge is 0.335 e. The summed E-state index contributed by atoms with van der Waals surface area (Å²) >= 11 is 6.09. The molecule has 39 heavy (non-hydrogen) atoms. The Morgan fingerprint density at radius 1 is 1.03 bits per heavy atom. The third-order valence-electron chi connectivity index (χ3n) is 5.83. The summed E-state index contributed by atoms with van der Waals surface area (Å²) in [7, 11) is 1.50. The Morgan fingerprint density at radius 3 is 2.46 bits per heavy atom. The molecular weight excluding hydrogens is 520 g/mol. The first-order valence-electron chi connectivity index (χ1n) is 12.2. The van der Waals surface area contributed by atoms with E-state index in [9.17, 15) is 14.4 Å². The fourth-order valence-electron chi connectivity index (χ4n) is 4.09. The number of ether oxygens (including phenoxy) is 3. The average molecular weight is 547 g/mol. The van der Waals surface area contributed by atoms with Crippen LogP contribution in [0.5, 0.6) is 17.2 Å². The first-order chi connectivity index (χ1) is 18.8. The fourth-order valence-corrected chi connectivity index (χ4v) is 4.30. The summed E-state index contributed by atoms with van der Waals surface area (Å²) in [5, 5.41) is 2.84. The molecule has 0 aliphatic carbocycles. The summed E-state index contributed by atoms with van der Waals surface area (Å²) in [4.78, 5) is 39.5. The number of halogens is 1. The number of amides is 4. The highest BCUT2D eigenvalue weighted by Crippen LogP contribution is 2.35. The van der Waals surface area contributed by atoms with Crippen molar-refractivity contribution in [3.63, 3.8) is 0 Å². The molecule has 4 rings (SSSR count). The summed E-state index contributed by atoms with van der Waals surface area (Å²) in [5.74, 6) is -0.0370. The number of carbonyl (C=O) groups excluding carboxylic acids is 3. The molecule has 0 aromatic heterocycles. The minimum Gasteiger partial charge on any atom is -0.494 e. The van der Waals surface area contributed by atoms with Crippen LogP contribution in [0.4, 0.5) is 10.5 Å². The van der Waals surface area contributed by atoms with Crippen LogP contribution in [-0.2, 0) is 22.6 Å². The highest BCUT2D eigenvalue weighted by Gasteiger charge is 2.37. The molecule has 0 atom stereocenters. The number of rotatable bonds is 10. The van der Waals surface area contributed by atoms with Gasteiger partial charge in [0.15, 0.2) is 11.5 Å². The lowest BCUT2D eigenvalue weighted by molar-refractivity contribution is -0.122. The van der Waals surface area contributed by atoms with Gasteiger partial charge in [0.05, 0.1) is 19.4 Å². The van der Waals surface area contributed by atoms with Crippen LogP contribution in [0.15, 0.2) is 78.9 Å². The Balaban J connectivity index is 1.67. The number of hydrogen-bond acceptors (Lipinski definition) is 6. The van der Waals surface area contributed by atoms with Crippen LogP contribution in [0.25, 0.3) is 6.08 Å². The van der Waals surface area contributed by atoms with Crippen LogP contribution in [0.2, 0.25) is 5.02 Å². The van der Waals surface area contributed by atoms with Gasteiger partial charge in [0, 0.05) is 10.6 Å². The molecule has 3 aromatic carbocycles. The van der Waals surface area contributed by atoms with Gasteiger partial charge in [-0.15, -0.1) is 6.58 Å². The number of carbonyl (C=O) groups is 3. The normalized spacial score (nSPS) is 14.3. The van der Waals surface area contributed by atoms with Gasteiger partial charge in [0.1, 0.15) is 17.9 Å². The number of nitrogens with zero attached hydrogens (tertiary/aromatic N) is 1. The van der Waals surface area contributed by atoms with E-state index in [1.807, 2.05) is 25.1 Å². The summed E-state index contributed by atoms with van der Waals surface area (Å²) < 4.78 is 17.1. The number of barbiturate groups is 1. The maximum Gasteiger partial charge on any atom is 0.335 e. The van der Waals surface area contributed by atoms with Gasteiger partial charge in [0.2, 0.25) is 0 Å². The molecule has 1 aliphatic heterocycles. The van der Waals surface area contributed by atoms with Crippen molar-refractivity contribution in [2.45, 2.75) is 20.0 Å². The number of urea groups is 1. The molecule has 1 heterocycles. The maximum atomic E-state index is 13.3. The SMILES string of the molecule is C=CCc1cc(/C=C2\C(=O)NC(=O)N(c3ccc(OCC)cc3)C2=O)cc(OC)c1OCc1cccc(Cl)c1. The molecule has 1 saturated heterocycles. The van der Waals surface area contributed by atoms with Gasteiger partial charge in [-0.05, 0) is 79.1 Å². The van der Waals surface area contributed by atoms with Crippen LogP contribution in [0.3, 0.4) is 0 Å². The molecule has 0 unspecified atom stereocenters. The summed E-state index contributed by atoms with van der Waals surface area (Å²) in [5.41, 5.74) is 2.22. The van der Waals surface area contributed by atoms with E-state index in [0.29, 0.717) is 46.5 Å². The Labute approximate surface area is 231 Å². The second kappa shape index (κ2) is 12.3. The molecule has 0 saturated carbocycles. The molecule has 0 spiro atoms. The molecule has 200 valence electrons. The van der Waals surface area contributed by atoms with E-state index in [1.54, 1.807) is 48.5 Å². The van der Waals surface area contributed by atoms with Gasteiger partial charge < -0.3 is 14.2 Å². The largest absolute Gasteiger partial charge is 0.494 e. The van der Waals surface area contributed by atoms with E-state index in [4.69, 9.17) is 25.8 Å². The van der Waals surface area contributed by atoms with E-state index in [0.717, 1.165) is 16.0 Å². The van der Waals surface area contributed by atoms with Crippen molar-refractivity contribution < 1.29 is 28.6 Å². The van der Waals surface area contributed by atoms with Crippen LogP contribution in [-0.4, -0.2) is 31.6 Å². The van der Waals surface area contributed by atoms with E-state index >= 15 is 0 Å². The third kappa shape index (κ3) is 6.30. The molecule has 0 radical (unpaired) electrons. The van der Waals surface area contributed by atoms with Crippen molar-refractivity contribution in [3.8, 4) is 17.2 Å². The molecule has 8 nitrogen and oxygen atoms in total. The van der Waals surface area contributed by atoms with Crippen molar-refractivity contribution in [2.75, 3.05) is 18.6 Å². The summed E-state index contributed by atoms with van der Waals surface area (Å²) in [6.45, 7) is 6.40. The lowest BCUT2D eigenvalue weighted by Crippen LogP contribution is -2.54. The highest BCUT2D eigenvalue weighted by atomic mass is 35.5. The predicted octanol–water partition coefficient (Wildman–Crippen LogP) is 5.72. The van der Waals surface area contributed by atoms with Gasteiger partial charge in [-0.3, -0.25) is 14.9 Å². The highest BCUT2D eigenvalue weighted by molar-refractivity contribution is 6.39. The Bertz CT molecular complexity index is 1450. The number of imide groups is 2. The van der Waals surface area contributed by atoms with E-state index in [2.05, 4.69) is 11.9 Å². The Kier molecular flexibility index (Phi) is 8.68. The maximum absolute atomic E-state index is 13.3. The van der Waals surface area contributed by atoms with Crippen LogP contribution < -0.4 is 24.4 Å². The first-order valence-corrected chi connectivity index (χ1v) is 12.6. The lowest BCUT2D eigenvalue weighted by Gasteiger charge is -2.26. The molecule has 1 N–H and O–H groups in total. The van der Waals surface area contributed by atoms with Crippen LogP contribution in [0.1, 0.15) is 23.6 Å². The van der Waals surface area contributed by atoms with Gasteiger partial charge in [-0.1, -0.05) is 29.8 Å². The van der Waals surface area contributed by atoms with Gasteiger partial charge in [0.25, 0.3) is 11.8 Å². The van der Waals surface area contributed by atoms with Gasteiger partial charge in [-0.25, -0.2) is 9.69 Å². The number of benzene rings is 3. The molecule has 1 aliphatic rings. The predicted molar refractivity (Wildman–Crippen MR) is 149 cm³/mol. The lowest BCUT2D eigenvalue weighted by atomic mass is 10.0. The number of allylic oxidation sites excluding steroid dienone is 1. The zero-order chi connectivity index (χ0) is 27.9. The summed E-state index contributed by atoms with van der Waals surface area (Å²) in [6, 6.07) is 16.4. The third-order valence-corrected chi connectivity index (χ3v) is 6.06. The van der Waals surface area contributed by atoms with E-state index in [-0.39, 0.29) is 12.2 Å². The molecule has 4 amide bonds. The van der Waals surface area contributed by atoms with Gasteiger partial charge >= 0.3 is 6.03 Å². The quantitative estimate of drug-likeness (QED) is 0.198. The number of hydrogen-bond donors (Lipinski definition) is 1. The fraction of sp³-hybridized carbons (Fsp3) is 0.167. The minimum absolute atomic E-state index is 0.206. The standard InChI is InChI=1S/C30H27ClN2O6/c1-4-7-21-14-20(17-26(37-3)27(21)39-18-19-8-6-9-22(31)15-19)16-25-28(34)32-30(36)33(29(25)35)23-10-12-24(13-11-23)38-5-2/h4,6,8-17H,1,5,7,18H2,2-3H3,(H,32,34,36)/b25-16+. The van der Waals surface area contributed by atoms with E-state index < -0.39 is 17.8 Å². The first kappa shape index (κ1) is 27.5. The second-order valence-electron chi connectivity index (χ2n) is 8.51. The van der Waals surface area contributed by atoms with Crippen LogP contribution in [0, 0.1) is 0 Å². The zero-order valence-electron chi connectivity index (χ0n) is 21.5. The molecule has 0 bridgehead atoms. The molecule has 1 fully saturated rings. The van der Waals surface area contributed by atoms with E-state index in [1.165, 1.54) is 13.2 Å². The Hall–Kier alpha value is -4.56. The number of methoxy groups -OCH3 is 1. The van der Waals surface area contributed by atoms with Crippen molar-refractivity contribution >= 4 is 41.2 Å².